The van der Waals surface area contributed by atoms with E-state index < -0.39 is 0 Å². The van der Waals surface area contributed by atoms with Gasteiger partial charge in [-0.05, 0) is 38.1 Å². The molecule has 4 heteroatoms. The van der Waals surface area contributed by atoms with Crippen molar-refractivity contribution >= 4 is 23.5 Å². The summed E-state index contributed by atoms with van der Waals surface area (Å²) in [5, 5.41) is 0.636. The summed E-state index contributed by atoms with van der Waals surface area (Å²) in [6.45, 7) is 8.76. The number of carbonyl (C=O) groups is 1. The number of ether oxygens (including phenoxy) is 1. The fourth-order valence-corrected chi connectivity index (χ4v) is 1.47. The molecule has 0 atom stereocenters. The Morgan fingerprint density at radius 3 is 2.29 bits per heavy atom. The van der Waals surface area contributed by atoms with Crippen LogP contribution >= 0.6 is 11.6 Å². The van der Waals surface area contributed by atoms with Gasteiger partial charge in [0.05, 0.1) is 0 Å². The van der Waals surface area contributed by atoms with Crippen molar-refractivity contribution < 1.29 is 9.53 Å². The van der Waals surface area contributed by atoms with E-state index in [2.05, 4.69) is 6.58 Å². The SMILES string of the molecule is C=C(OC(=O)N(CC)CC)c1ccc(Cl)cc1. The Labute approximate surface area is 107 Å². The van der Waals surface area contributed by atoms with Gasteiger partial charge >= 0.3 is 6.09 Å². The van der Waals surface area contributed by atoms with E-state index in [1.807, 2.05) is 13.8 Å². The maximum Gasteiger partial charge on any atom is 0.415 e. The van der Waals surface area contributed by atoms with E-state index in [1.165, 1.54) is 0 Å². The average molecular weight is 254 g/mol. The molecule has 0 N–H and O–H groups in total. The summed E-state index contributed by atoms with van der Waals surface area (Å²) in [5.74, 6) is 0.332. The van der Waals surface area contributed by atoms with Crippen molar-refractivity contribution in [3.8, 4) is 0 Å². The molecule has 0 aliphatic carbocycles. The summed E-state index contributed by atoms with van der Waals surface area (Å²) in [5.41, 5.74) is 0.745. The fourth-order valence-electron chi connectivity index (χ4n) is 1.35. The molecule has 1 amide bonds. The lowest BCUT2D eigenvalue weighted by atomic mass is 10.2. The number of carbonyl (C=O) groups excluding carboxylic acids is 1. The standard InChI is InChI=1S/C13H16ClNO2/c1-4-15(5-2)13(16)17-10(3)11-6-8-12(14)9-7-11/h6-9H,3-5H2,1-2H3. The summed E-state index contributed by atoms with van der Waals surface area (Å²) in [6.07, 6.45) is -0.380. The second-order valence-electron chi connectivity index (χ2n) is 3.47. The molecule has 0 bridgehead atoms. The van der Waals surface area contributed by atoms with Crippen LogP contribution in [0.2, 0.25) is 5.02 Å². The third-order valence-corrected chi connectivity index (χ3v) is 2.65. The molecular formula is C13H16ClNO2. The first-order valence-electron chi connectivity index (χ1n) is 5.50. The third kappa shape index (κ3) is 3.79. The molecule has 1 rings (SSSR count). The van der Waals surface area contributed by atoms with Gasteiger partial charge in [0.2, 0.25) is 0 Å². The van der Waals surface area contributed by atoms with Gasteiger partial charge in [-0.15, -0.1) is 0 Å². The number of halogens is 1. The summed E-state index contributed by atoms with van der Waals surface area (Å²) in [6, 6.07) is 6.99. The van der Waals surface area contributed by atoms with Crippen LogP contribution in [0.25, 0.3) is 5.76 Å². The van der Waals surface area contributed by atoms with Gasteiger partial charge in [0.1, 0.15) is 5.76 Å². The quantitative estimate of drug-likeness (QED) is 0.764. The van der Waals surface area contributed by atoms with Crippen molar-refractivity contribution in [2.24, 2.45) is 0 Å². The molecule has 0 aliphatic heterocycles. The molecule has 0 heterocycles. The zero-order chi connectivity index (χ0) is 12.8. The van der Waals surface area contributed by atoms with Gasteiger partial charge in [-0.3, -0.25) is 0 Å². The van der Waals surface area contributed by atoms with Crippen molar-refractivity contribution in [1.29, 1.82) is 0 Å². The number of benzene rings is 1. The van der Waals surface area contributed by atoms with Crippen LogP contribution in [0.15, 0.2) is 30.8 Å². The molecule has 1 aromatic carbocycles. The van der Waals surface area contributed by atoms with Crippen LogP contribution in [0.5, 0.6) is 0 Å². The number of amides is 1. The lowest BCUT2D eigenvalue weighted by Gasteiger charge is -2.18. The minimum atomic E-state index is -0.380. The average Bonchev–Trinajstić information content (AvgIpc) is 2.31. The van der Waals surface area contributed by atoms with Gasteiger partial charge < -0.3 is 9.64 Å². The Morgan fingerprint density at radius 1 is 1.29 bits per heavy atom. The Morgan fingerprint density at radius 2 is 1.82 bits per heavy atom. The predicted octanol–water partition coefficient (Wildman–Crippen LogP) is 3.79. The Hall–Kier alpha value is -1.48. The van der Waals surface area contributed by atoms with E-state index in [0.717, 1.165) is 5.56 Å². The van der Waals surface area contributed by atoms with Crippen LogP contribution in [0.1, 0.15) is 19.4 Å². The van der Waals surface area contributed by atoms with Crippen molar-refractivity contribution in [1.82, 2.24) is 4.90 Å². The third-order valence-electron chi connectivity index (χ3n) is 2.40. The molecule has 92 valence electrons. The summed E-state index contributed by atoms with van der Waals surface area (Å²) in [4.78, 5) is 13.3. The number of nitrogens with zero attached hydrogens (tertiary/aromatic N) is 1. The van der Waals surface area contributed by atoms with E-state index >= 15 is 0 Å². The lowest BCUT2D eigenvalue weighted by molar-refractivity contribution is 0.148. The summed E-state index contributed by atoms with van der Waals surface area (Å²) >= 11 is 5.77. The van der Waals surface area contributed by atoms with Crippen LogP contribution in [-0.4, -0.2) is 24.1 Å². The second-order valence-corrected chi connectivity index (χ2v) is 3.91. The largest absolute Gasteiger partial charge is 0.415 e. The summed E-state index contributed by atoms with van der Waals surface area (Å²) < 4.78 is 5.17. The van der Waals surface area contributed by atoms with E-state index in [9.17, 15) is 4.79 Å². The van der Waals surface area contributed by atoms with Crippen LogP contribution in [0.3, 0.4) is 0 Å². The second kappa shape index (κ2) is 6.30. The lowest BCUT2D eigenvalue weighted by Crippen LogP contribution is -2.30. The van der Waals surface area contributed by atoms with E-state index in [-0.39, 0.29) is 6.09 Å². The highest BCUT2D eigenvalue weighted by atomic mass is 35.5. The van der Waals surface area contributed by atoms with Crippen LogP contribution in [0, 0.1) is 0 Å². The molecule has 0 aromatic heterocycles. The highest BCUT2D eigenvalue weighted by molar-refractivity contribution is 6.30. The van der Waals surface area contributed by atoms with Crippen molar-refractivity contribution in [2.75, 3.05) is 13.1 Å². The highest BCUT2D eigenvalue weighted by Crippen LogP contribution is 2.17. The first-order valence-corrected chi connectivity index (χ1v) is 5.87. The van der Waals surface area contributed by atoms with Gasteiger partial charge in [0, 0.05) is 23.7 Å². The van der Waals surface area contributed by atoms with Crippen molar-refractivity contribution in [3.05, 3.63) is 41.4 Å². The number of hydrogen-bond donors (Lipinski definition) is 0. The first kappa shape index (κ1) is 13.6. The predicted molar refractivity (Wildman–Crippen MR) is 69.9 cm³/mol. The molecular weight excluding hydrogens is 238 g/mol. The smallest absolute Gasteiger partial charge is 0.410 e. The molecule has 0 unspecified atom stereocenters. The maximum absolute atomic E-state index is 11.7. The minimum Gasteiger partial charge on any atom is -0.410 e. The van der Waals surface area contributed by atoms with Crippen LogP contribution in [-0.2, 0) is 4.74 Å². The molecule has 0 fully saturated rings. The van der Waals surface area contributed by atoms with Crippen molar-refractivity contribution in [2.45, 2.75) is 13.8 Å². The normalized spacial score (nSPS) is 9.82. The monoisotopic (exact) mass is 253 g/mol. The zero-order valence-electron chi connectivity index (χ0n) is 10.1. The minimum absolute atomic E-state index is 0.332. The van der Waals surface area contributed by atoms with Crippen molar-refractivity contribution in [3.63, 3.8) is 0 Å². The molecule has 0 aliphatic rings. The maximum atomic E-state index is 11.7. The van der Waals surface area contributed by atoms with Gasteiger partial charge in [-0.25, -0.2) is 4.79 Å². The first-order chi connectivity index (χ1) is 8.08. The fraction of sp³-hybridized carbons (Fsp3) is 0.308. The Balaban J connectivity index is 2.66. The van der Waals surface area contributed by atoms with Gasteiger partial charge in [0.15, 0.2) is 0 Å². The molecule has 0 radical (unpaired) electrons. The zero-order valence-corrected chi connectivity index (χ0v) is 10.8. The van der Waals surface area contributed by atoms with Crippen LogP contribution in [0.4, 0.5) is 4.79 Å². The topological polar surface area (TPSA) is 29.5 Å². The van der Waals surface area contributed by atoms with Gasteiger partial charge in [-0.1, -0.05) is 18.2 Å². The van der Waals surface area contributed by atoms with E-state index in [4.69, 9.17) is 16.3 Å². The molecule has 0 saturated carbocycles. The van der Waals surface area contributed by atoms with E-state index in [1.54, 1.807) is 29.2 Å². The molecule has 3 nitrogen and oxygen atoms in total. The van der Waals surface area contributed by atoms with Gasteiger partial charge in [0.25, 0.3) is 0 Å². The molecule has 17 heavy (non-hydrogen) atoms. The van der Waals surface area contributed by atoms with Gasteiger partial charge in [-0.2, -0.15) is 0 Å². The van der Waals surface area contributed by atoms with E-state index in [0.29, 0.717) is 23.9 Å². The molecule has 1 aromatic rings. The van der Waals surface area contributed by atoms with Crippen LogP contribution < -0.4 is 0 Å². The summed E-state index contributed by atoms with van der Waals surface area (Å²) in [7, 11) is 0. The molecule has 0 saturated heterocycles. The molecule has 0 spiro atoms. The highest BCUT2D eigenvalue weighted by Gasteiger charge is 2.13. The Kier molecular flexibility index (Phi) is 5.04. The Bertz CT molecular complexity index is 396. The number of hydrogen-bond acceptors (Lipinski definition) is 2. The number of rotatable bonds is 4.